The Hall–Kier alpha value is -1.33. The molecule has 0 amide bonds. The van der Waals surface area contributed by atoms with E-state index in [0.29, 0.717) is 6.61 Å². The number of hydrogen-bond donors (Lipinski definition) is 1. The molecule has 1 aromatic carbocycles. The molecule has 6 nitrogen and oxygen atoms in total. The number of aryl methyl sites for hydroxylation is 1. The highest BCUT2D eigenvalue weighted by Crippen LogP contribution is 2.22. The molecule has 1 aliphatic heterocycles. The molecule has 29 heavy (non-hydrogen) atoms. The summed E-state index contributed by atoms with van der Waals surface area (Å²) in [6, 6.07) is 6.64. The highest BCUT2D eigenvalue weighted by Gasteiger charge is 2.25. The molecular formula is C20H29FIN5OS. The summed E-state index contributed by atoms with van der Waals surface area (Å²) in [4.78, 5) is 8.15. The molecule has 1 fully saturated rings. The molecule has 3 rings (SSSR count). The van der Waals surface area contributed by atoms with Gasteiger partial charge in [0.05, 0.1) is 19.3 Å². The topological polar surface area (TPSA) is 54.7 Å². The summed E-state index contributed by atoms with van der Waals surface area (Å²) in [6.07, 6.45) is 4.85. The van der Waals surface area contributed by atoms with Crippen molar-refractivity contribution in [3.05, 3.63) is 48.0 Å². The summed E-state index contributed by atoms with van der Waals surface area (Å²) in [6.45, 7) is 5.93. The molecule has 160 valence electrons. The average molecular weight is 533 g/mol. The minimum atomic E-state index is -0.195. The summed E-state index contributed by atoms with van der Waals surface area (Å²) in [5.74, 6) is 1.70. The van der Waals surface area contributed by atoms with Crippen LogP contribution >= 0.6 is 35.7 Å². The number of aliphatic imine (C=N–C) groups is 1. The number of guanidine groups is 1. The van der Waals surface area contributed by atoms with Gasteiger partial charge in [-0.05, 0) is 43.4 Å². The van der Waals surface area contributed by atoms with Crippen molar-refractivity contribution in [3.63, 3.8) is 0 Å². The van der Waals surface area contributed by atoms with Gasteiger partial charge < -0.3 is 15.0 Å². The fourth-order valence-electron chi connectivity index (χ4n) is 3.05. The van der Waals surface area contributed by atoms with E-state index in [2.05, 4.69) is 22.2 Å². The van der Waals surface area contributed by atoms with Crippen molar-refractivity contribution >= 4 is 41.7 Å². The van der Waals surface area contributed by atoms with E-state index in [4.69, 9.17) is 9.73 Å². The van der Waals surface area contributed by atoms with E-state index in [1.54, 1.807) is 16.4 Å². The molecule has 2 heterocycles. The van der Waals surface area contributed by atoms with Gasteiger partial charge in [0.2, 0.25) is 0 Å². The van der Waals surface area contributed by atoms with E-state index in [-0.39, 0.29) is 35.9 Å². The molecule has 0 saturated carbocycles. The summed E-state index contributed by atoms with van der Waals surface area (Å²) >= 11 is 1.73. The van der Waals surface area contributed by atoms with Crippen molar-refractivity contribution in [3.8, 4) is 0 Å². The van der Waals surface area contributed by atoms with Gasteiger partial charge in [-0.2, -0.15) is 5.10 Å². The van der Waals surface area contributed by atoms with E-state index in [1.807, 2.05) is 31.6 Å². The summed E-state index contributed by atoms with van der Waals surface area (Å²) < 4.78 is 20.7. The Labute approximate surface area is 193 Å². The van der Waals surface area contributed by atoms with Crippen LogP contribution in [0.25, 0.3) is 0 Å². The van der Waals surface area contributed by atoms with Gasteiger partial charge in [0.25, 0.3) is 0 Å². The van der Waals surface area contributed by atoms with Gasteiger partial charge in [-0.25, -0.2) is 4.39 Å². The van der Waals surface area contributed by atoms with Crippen LogP contribution in [0.15, 0.2) is 46.5 Å². The van der Waals surface area contributed by atoms with E-state index >= 15 is 0 Å². The van der Waals surface area contributed by atoms with Crippen LogP contribution in [0.2, 0.25) is 0 Å². The first-order valence-corrected chi connectivity index (χ1v) is 10.7. The third kappa shape index (κ3) is 7.45. The van der Waals surface area contributed by atoms with Gasteiger partial charge in [0.15, 0.2) is 5.96 Å². The zero-order valence-corrected chi connectivity index (χ0v) is 20.0. The van der Waals surface area contributed by atoms with Crippen LogP contribution in [0.1, 0.15) is 25.0 Å². The molecule has 9 heteroatoms. The second kappa shape index (κ2) is 12.4. The van der Waals surface area contributed by atoms with Gasteiger partial charge in [-0.15, -0.1) is 35.7 Å². The number of aromatic nitrogens is 2. The number of benzene rings is 1. The standard InChI is InChI=1S/C20H28FN5OS.HI/c1-3-22-20(23-9-4-12-28-18-7-5-17(21)6-8-18)26-10-11-27-19(15-26)16-13-24-25(2)14-16;/h5-8,13-14,19H,3-4,9-12,15H2,1-2H3,(H,22,23);1H. The number of thioether (sulfide) groups is 1. The highest BCUT2D eigenvalue weighted by atomic mass is 127. The lowest BCUT2D eigenvalue weighted by Gasteiger charge is -2.34. The molecule has 1 atom stereocenters. The Morgan fingerprint density at radius 1 is 1.38 bits per heavy atom. The molecule has 2 aromatic rings. The first-order chi connectivity index (χ1) is 13.7. The highest BCUT2D eigenvalue weighted by molar-refractivity contribution is 14.0. The summed E-state index contributed by atoms with van der Waals surface area (Å²) in [5.41, 5.74) is 1.10. The minimum Gasteiger partial charge on any atom is -0.370 e. The smallest absolute Gasteiger partial charge is 0.194 e. The predicted octanol–water partition coefficient (Wildman–Crippen LogP) is 3.70. The Balaban J connectivity index is 0.00000300. The average Bonchev–Trinajstić information content (AvgIpc) is 3.15. The van der Waals surface area contributed by atoms with Crippen LogP contribution in [-0.2, 0) is 11.8 Å². The molecule has 1 aliphatic rings. The van der Waals surface area contributed by atoms with Crippen molar-refractivity contribution < 1.29 is 9.13 Å². The first-order valence-electron chi connectivity index (χ1n) is 9.67. The Morgan fingerprint density at radius 2 is 2.17 bits per heavy atom. The van der Waals surface area contributed by atoms with Crippen LogP contribution in [0.3, 0.4) is 0 Å². The maximum atomic E-state index is 13.0. The minimum absolute atomic E-state index is 0. The molecule has 1 saturated heterocycles. The lowest BCUT2D eigenvalue weighted by Crippen LogP contribution is -2.48. The quantitative estimate of drug-likeness (QED) is 0.194. The van der Waals surface area contributed by atoms with Crippen LogP contribution in [0.5, 0.6) is 0 Å². The molecule has 0 aliphatic carbocycles. The van der Waals surface area contributed by atoms with Crippen molar-refractivity contribution in [2.45, 2.75) is 24.3 Å². The van der Waals surface area contributed by atoms with E-state index in [0.717, 1.165) is 54.8 Å². The van der Waals surface area contributed by atoms with Gasteiger partial charge in [-0.1, -0.05) is 0 Å². The molecule has 0 spiro atoms. The van der Waals surface area contributed by atoms with Crippen LogP contribution < -0.4 is 5.32 Å². The molecule has 0 radical (unpaired) electrons. The van der Waals surface area contributed by atoms with Gasteiger partial charge in [0.1, 0.15) is 11.9 Å². The van der Waals surface area contributed by atoms with E-state index in [1.165, 1.54) is 12.1 Å². The van der Waals surface area contributed by atoms with Gasteiger partial charge in [0, 0.05) is 43.3 Å². The second-order valence-electron chi connectivity index (χ2n) is 6.64. The second-order valence-corrected chi connectivity index (χ2v) is 7.81. The molecular weight excluding hydrogens is 504 g/mol. The van der Waals surface area contributed by atoms with Crippen molar-refractivity contribution in [2.75, 3.05) is 38.5 Å². The number of ether oxygens (including phenoxy) is 1. The number of halogens is 2. The Kier molecular flexibility index (Phi) is 10.2. The normalized spacial score (nSPS) is 17.1. The zero-order chi connectivity index (χ0) is 19.8. The Morgan fingerprint density at radius 3 is 2.86 bits per heavy atom. The van der Waals surface area contributed by atoms with Crippen LogP contribution in [-0.4, -0.2) is 59.2 Å². The lowest BCUT2D eigenvalue weighted by molar-refractivity contribution is -0.00803. The number of nitrogens with zero attached hydrogens (tertiary/aromatic N) is 4. The number of nitrogens with one attached hydrogen (secondary N) is 1. The summed E-state index contributed by atoms with van der Waals surface area (Å²) in [5, 5.41) is 7.64. The molecule has 1 aromatic heterocycles. The largest absolute Gasteiger partial charge is 0.370 e. The van der Waals surface area contributed by atoms with Crippen molar-refractivity contribution in [1.29, 1.82) is 0 Å². The molecule has 1 unspecified atom stereocenters. The van der Waals surface area contributed by atoms with Crippen molar-refractivity contribution in [1.82, 2.24) is 20.0 Å². The SMILES string of the molecule is CCNC(=NCCCSc1ccc(F)cc1)N1CCOC(c2cnn(C)c2)C1.I. The number of morpholine rings is 1. The third-order valence-corrected chi connectivity index (χ3v) is 5.54. The fourth-order valence-corrected chi connectivity index (χ4v) is 3.88. The zero-order valence-electron chi connectivity index (χ0n) is 16.9. The fraction of sp³-hybridized carbons (Fsp3) is 0.500. The number of rotatable bonds is 7. The third-order valence-electron chi connectivity index (χ3n) is 4.44. The van der Waals surface area contributed by atoms with Crippen molar-refractivity contribution in [2.24, 2.45) is 12.0 Å². The molecule has 0 bridgehead atoms. The molecule has 1 N–H and O–H groups in total. The van der Waals surface area contributed by atoms with Crippen LogP contribution in [0, 0.1) is 5.82 Å². The van der Waals surface area contributed by atoms with E-state index < -0.39 is 0 Å². The summed E-state index contributed by atoms with van der Waals surface area (Å²) in [7, 11) is 1.92. The predicted molar refractivity (Wildman–Crippen MR) is 127 cm³/mol. The maximum absolute atomic E-state index is 13.0. The maximum Gasteiger partial charge on any atom is 0.194 e. The lowest BCUT2D eigenvalue weighted by atomic mass is 10.1. The first kappa shape index (κ1) is 23.9. The monoisotopic (exact) mass is 533 g/mol. The van der Waals surface area contributed by atoms with E-state index in [9.17, 15) is 4.39 Å². The van der Waals surface area contributed by atoms with Gasteiger partial charge >= 0.3 is 0 Å². The van der Waals surface area contributed by atoms with Gasteiger partial charge in [-0.3, -0.25) is 9.67 Å². The van der Waals surface area contributed by atoms with Crippen LogP contribution in [0.4, 0.5) is 4.39 Å². The Bertz CT molecular complexity index is 770. The number of hydrogen-bond acceptors (Lipinski definition) is 4.